The summed E-state index contributed by atoms with van der Waals surface area (Å²) in [6.07, 6.45) is 6.62. The van der Waals surface area contributed by atoms with Gasteiger partial charge in [-0.3, -0.25) is 23.9 Å². The van der Waals surface area contributed by atoms with Crippen molar-refractivity contribution in [2.24, 2.45) is 22.7 Å². The van der Waals surface area contributed by atoms with Crippen molar-refractivity contribution in [3.8, 4) is 5.88 Å². The van der Waals surface area contributed by atoms with E-state index in [1.54, 1.807) is 6.08 Å². The van der Waals surface area contributed by atoms with Gasteiger partial charge in [0.2, 0.25) is 27.7 Å². The summed E-state index contributed by atoms with van der Waals surface area (Å²) in [6, 6.07) is 4.97. The van der Waals surface area contributed by atoms with Gasteiger partial charge in [-0.25, -0.2) is 18.4 Å². The van der Waals surface area contributed by atoms with Crippen LogP contribution in [0.25, 0.3) is 10.9 Å². The highest BCUT2D eigenvalue weighted by atomic mass is 32.2. The first-order valence-corrected chi connectivity index (χ1v) is 18.8. The molecule has 1 N–H and O–H groups in total. The second-order valence-corrected chi connectivity index (χ2v) is 17.1. The molecule has 0 spiro atoms. The Balaban J connectivity index is 1.32. The van der Waals surface area contributed by atoms with Gasteiger partial charge in [-0.05, 0) is 74.0 Å². The molecule has 3 fully saturated rings. The monoisotopic (exact) mass is 694 g/mol. The zero-order valence-corrected chi connectivity index (χ0v) is 29.3. The number of aryl methyl sites for hydroxylation is 1. The molecule has 0 radical (unpaired) electrons. The molecule has 264 valence electrons. The smallest absolute Gasteiger partial charge is 0.306 e. The fourth-order valence-corrected chi connectivity index (χ4v) is 8.60. The van der Waals surface area contributed by atoms with Crippen molar-refractivity contribution in [3.63, 3.8) is 0 Å². The number of hydrogen-bond donors (Lipinski definition) is 1. The first-order valence-electron chi connectivity index (χ1n) is 17.3. The molecule has 1 aromatic heterocycles. The summed E-state index contributed by atoms with van der Waals surface area (Å²) in [6.45, 7) is 9.74. The van der Waals surface area contributed by atoms with E-state index in [9.17, 15) is 27.6 Å². The summed E-state index contributed by atoms with van der Waals surface area (Å²) in [4.78, 5) is 65.6. The summed E-state index contributed by atoms with van der Waals surface area (Å²) < 4.78 is 39.6. The lowest BCUT2D eigenvalue weighted by Gasteiger charge is -2.34. The van der Waals surface area contributed by atoms with Crippen molar-refractivity contribution in [1.82, 2.24) is 19.6 Å². The van der Waals surface area contributed by atoms with Gasteiger partial charge in [0.15, 0.2) is 5.78 Å². The maximum absolute atomic E-state index is 14.5. The number of benzene rings is 1. The van der Waals surface area contributed by atoms with Gasteiger partial charge in [-0.15, -0.1) is 6.58 Å². The van der Waals surface area contributed by atoms with Crippen molar-refractivity contribution in [3.05, 3.63) is 42.7 Å². The van der Waals surface area contributed by atoms with Crippen LogP contribution in [0.4, 0.5) is 0 Å². The lowest BCUT2D eigenvalue weighted by atomic mass is 9.77. The van der Waals surface area contributed by atoms with Crippen LogP contribution < -0.4 is 9.46 Å². The largest absolute Gasteiger partial charge is 0.472 e. The number of allylic oxidation sites excluding steroid dienone is 1. The number of aromatic nitrogens is 2. The minimum atomic E-state index is -3.83. The predicted octanol–water partition coefficient (Wildman–Crippen LogP) is 4.06. The minimum absolute atomic E-state index is 0.0577. The number of carbonyl (C=O) groups excluding carboxylic acids is 4. The van der Waals surface area contributed by atoms with E-state index < -0.39 is 56.0 Å². The predicted molar refractivity (Wildman–Crippen MR) is 181 cm³/mol. The molecular weight excluding hydrogens is 648 g/mol. The van der Waals surface area contributed by atoms with Gasteiger partial charge >= 0.3 is 5.97 Å². The molecule has 0 unspecified atom stereocenters. The van der Waals surface area contributed by atoms with Crippen LogP contribution >= 0.6 is 0 Å². The number of amides is 2. The summed E-state index contributed by atoms with van der Waals surface area (Å²) in [5.74, 6) is -2.77. The van der Waals surface area contributed by atoms with Crippen LogP contribution in [0.5, 0.6) is 5.88 Å². The fraction of sp³-hybridized carbons (Fsp3) is 0.611. The number of nitrogens with one attached hydrogen (secondary N) is 1. The fourth-order valence-electron chi connectivity index (χ4n) is 7.21. The van der Waals surface area contributed by atoms with Gasteiger partial charge in [-0.2, -0.15) is 0 Å². The highest BCUT2D eigenvalue weighted by Gasteiger charge is 2.61. The number of esters is 1. The Kier molecular flexibility index (Phi) is 9.60. The maximum atomic E-state index is 14.5. The third-order valence-corrected chi connectivity index (χ3v) is 12.3. The molecule has 1 saturated heterocycles. The maximum Gasteiger partial charge on any atom is 0.306 e. The van der Waals surface area contributed by atoms with Gasteiger partial charge in [-0.1, -0.05) is 32.9 Å². The molecule has 2 saturated carbocycles. The van der Waals surface area contributed by atoms with E-state index in [0.717, 1.165) is 30.2 Å². The number of fused-ring (bicyclic) bond motifs is 3. The quantitative estimate of drug-likeness (QED) is 0.331. The Morgan fingerprint density at radius 2 is 1.92 bits per heavy atom. The Bertz CT molecular complexity index is 1770. The van der Waals surface area contributed by atoms with E-state index in [1.165, 1.54) is 11.2 Å². The van der Waals surface area contributed by atoms with Gasteiger partial charge in [0.25, 0.3) is 0 Å². The van der Waals surface area contributed by atoms with E-state index in [0.29, 0.717) is 30.7 Å². The second-order valence-electron chi connectivity index (χ2n) is 15.2. The lowest BCUT2D eigenvalue weighted by molar-refractivity contribution is -0.153. The van der Waals surface area contributed by atoms with Crippen LogP contribution in [0, 0.1) is 22.7 Å². The first kappa shape index (κ1) is 35.0. The number of Topliss-reactive ketones (excluding diaryl/α,β-unsaturated/α-hetero) is 1. The van der Waals surface area contributed by atoms with Crippen LogP contribution in [0.2, 0.25) is 0 Å². The van der Waals surface area contributed by atoms with Crippen LogP contribution in [0.1, 0.15) is 84.1 Å². The van der Waals surface area contributed by atoms with Crippen LogP contribution in [0.15, 0.2) is 37.2 Å². The van der Waals surface area contributed by atoms with Crippen molar-refractivity contribution < 1.29 is 37.1 Å². The number of hydrogen-bond acceptors (Lipinski definition) is 10. The van der Waals surface area contributed by atoms with Crippen molar-refractivity contribution in [2.75, 3.05) is 13.2 Å². The van der Waals surface area contributed by atoms with Crippen molar-refractivity contribution in [2.45, 2.75) is 102 Å². The average Bonchev–Trinajstić information content (AvgIpc) is 3.97. The van der Waals surface area contributed by atoms with Crippen molar-refractivity contribution >= 4 is 44.5 Å². The van der Waals surface area contributed by atoms with E-state index in [1.807, 2.05) is 39.0 Å². The molecule has 2 aliphatic carbocycles. The summed E-state index contributed by atoms with van der Waals surface area (Å²) in [7, 11) is -3.83. The number of cyclic esters (lactones) is 1. The highest BCUT2D eigenvalue weighted by molar-refractivity contribution is 7.90. The normalized spacial score (nSPS) is 28.3. The second kappa shape index (κ2) is 13.4. The van der Waals surface area contributed by atoms with Crippen molar-refractivity contribution in [1.29, 1.82) is 0 Å². The SMILES string of the molecule is C=C[C@H]1C[C@]1(CC(=O)[C@@H]1C[C@@H]2CN1C(=O)[C@H](C(C)(C)C)CC(=O)OCCCCCc1ccc3ncnc(c3c1)O2)C(=O)NS(=O)(=O)C1CC1. The third-order valence-electron chi connectivity index (χ3n) is 10.5. The molecule has 6 rings (SSSR count). The summed E-state index contributed by atoms with van der Waals surface area (Å²) >= 11 is 0. The lowest BCUT2D eigenvalue weighted by Crippen LogP contribution is -2.48. The zero-order chi connectivity index (χ0) is 35.1. The number of ether oxygens (including phenoxy) is 2. The van der Waals surface area contributed by atoms with Crippen LogP contribution in [0.3, 0.4) is 0 Å². The van der Waals surface area contributed by atoms with E-state index in [4.69, 9.17) is 9.47 Å². The van der Waals surface area contributed by atoms with Gasteiger partial charge < -0.3 is 14.4 Å². The van der Waals surface area contributed by atoms with Gasteiger partial charge in [0, 0.05) is 12.8 Å². The van der Waals surface area contributed by atoms with E-state index in [-0.39, 0.29) is 56.4 Å². The molecule has 2 aliphatic heterocycles. The van der Waals surface area contributed by atoms with Gasteiger partial charge in [0.05, 0.1) is 53.1 Å². The summed E-state index contributed by atoms with van der Waals surface area (Å²) in [5, 5.41) is 0.133. The molecule has 2 aromatic rings. The molecule has 49 heavy (non-hydrogen) atoms. The molecule has 13 heteroatoms. The highest BCUT2D eigenvalue weighted by Crippen LogP contribution is 2.57. The molecular formula is C36H46N4O8S. The Morgan fingerprint density at radius 1 is 1.14 bits per heavy atom. The van der Waals surface area contributed by atoms with Crippen LogP contribution in [-0.2, 0) is 40.4 Å². The molecule has 4 bridgehead atoms. The molecule has 1 aromatic carbocycles. The molecule has 2 amide bonds. The molecule has 3 heterocycles. The standard InChI is InChI=1S/C36H46N4O8S/c1-5-23-18-36(23,34(44)39-49(45,46)25-11-12-25)19-30(41)29-16-24-20-40(29)33(43)27(35(2,3)4)17-31(42)47-14-8-6-7-9-22-10-13-28-26(15-22)32(48-24)38-21-37-28/h5,10,13,15,21,23-25,27,29H,1,6-9,11-12,14,16-20H2,2-4H3,(H,39,44)/t23-,24+,27+,29-,36+/m0/s1. The number of sulfonamides is 1. The Morgan fingerprint density at radius 3 is 2.61 bits per heavy atom. The van der Waals surface area contributed by atoms with E-state index in [2.05, 4.69) is 21.3 Å². The first-order chi connectivity index (χ1) is 23.2. The number of ketones is 1. The third kappa shape index (κ3) is 7.51. The minimum Gasteiger partial charge on any atom is -0.472 e. The Labute approximate surface area is 287 Å². The average molecular weight is 695 g/mol. The number of carbonyl (C=O) groups is 4. The summed E-state index contributed by atoms with van der Waals surface area (Å²) in [5.41, 5.74) is -0.124. The Hall–Kier alpha value is -3.87. The van der Waals surface area contributed by atoms with Crippen LogP contribution in [-0.4, -0.2) is 77.4 Å². The molecule has 5 atom stereocenters. The topological polar surface area (TPSA) is 162 Å². The zero-order valence-electron chi connectivity index (χ0n) is 28.5. The van der Waals surface area contributed by atoms with Gasteiger partial charge in [0.1, 0.15) is 12.4 Å². The molecule has 4 aliphatic rings. The number of nitrogens with zero attached hydrogens (tertiary/aromatic N) is 3. The van der Waals surface area contributed by atoms with E-state index >= 15 is 0 Å². The molecule has 12 nitrogen and oxygen atoms in total. The number of rotatable bonds is 7.